The van der Waals surface area contributed by atoms with E-state index in [4.69, 9.17) is 4.74 Å². The molecule has 1 aliphatic heterocycles. The highest BCUT2D eigenvalue weighted by atomic mass is 32.2. The lowest BCUT2D eigenvalue weighted by atomic mass is 9.88. The molecule has 0 amide bonds. The Bertz CT molecular complexity index is 513. The average Bonchev–Trinajstić information content (AvgIpc) is 2.52. The molecule has 1 aromatic heterocycles. The van der Waals surface area contributed by atoms with Crippen molar-refractivity contribution in [1.29, 1.82) is 0 Å². The number of rotatable bonds is 7. The molecule has 5 nitrogen and oxygen atoms in total. The SMILES string of the molecule is CCCCS(=O)(=O)NC(c1cccnc1)C1CCOCC1. The number of nitrogens with zero attached hydrogens (tertiary/aromatic N) is 1. The molecular formula is C15H24N2O3S. The van der Waals surface area contributed by atoms with E-state index in [1.54, 1.807) is 12.4 Å². The molecule has 1 aliphatic rings. The van der Waals surface area contributed by atoms with Crippen molar-refractivity contribution in [2.24, 2.45) is 5.92 Å². The Morgan fingerprint density at radius 1 is 1.43 bits per heavy atom. The van der Waals surface area contributed by atoms with E-state index in [9.17, 15) is 8.42 Å². The summed E-state index contributed by atoms with van der Waals surface area (Å²) in [6.45, 7) is 3.38. The first-order valence-electron chi connectivity index (χ1n) is 7.60. The summed E-state index contributed by atoms with van der Waals surface area (Å²) in [7, 11) is -3.26. The minimum Gasteiger partial charge on any atom is -0.381 e. The van der Waals surface area contributed by atoms with Crippen LogP contribution in [0.1, 0.15) is 44.2 Å². The number of ether oxygens (including phenoxy) is 1. The first-order chi connectivity index (χ1) is 10.1. The Hall–Kier alpha value is -0.980. The van der Waals surface area contributed by atoms with Gasteiger partial charge in [-0.25, -0.2) is 13.1 Å². The summed E-state index contributed by atoms with van der Waals surface area (Å²) in [4.78, 5) is 4.13. The third kappa shape index (κ3) is 5.05. The van der Waals surface area contributed by atoms with Gasteiger partial charge < -0.3 is 4.74 Å². The maximum absolute atomic E-state index is 12.3. The molecule has 0 aromatic carbocycles. The van der Waals surface area contributed by atoms with Crippen LogP contribution in [0.25, 0.3) is 0 Å². The molecule has 1 saturated heterocycles. The second-order valence-corrected chi connectivity index (χ2v) is 7.38. The number of pyridine rings is 1. The fourth-order valence-corrected chi connectivity index (χ4v) is 4.13. The predicted molar refractivity (Wildman–Crippen MR) is 82.4 cm³/mol. The molecule has 0 bridgehead atoms. The molecule has 1 atom stereocenters. The molecule has 2 rings (SSSR count). The lowest BCUT2D eigenvalue weighted by Gasteiger charge is -2.31. The van der Waals surface area contributed by atoms with Crippen LogP contribution in [0.5, 0.6) is 0 Å². The normalized spacial score (nSPS) is 18.5. The number of unbranched alkanes of at least 4 members (excludes halogenated alkanes) is 1. The van der Waals surface area contributed by atoms with Crippen molar-refractivity contribution in [3.63, 3.8) is 0 Å². The highest BCUT2D eigenvalue weighted by Crippen LogP contribution is 2.30. The van der Waals surface area contributed by atoms with E-state index in [0.717, 1.165) is 24.8 Å². The van der Waals surface area contributed by atoms with Crippen molar-refractivity contribution in [3.05, 3.63) is 30.1 Å². The molecule has 0 saturated carbocycles. The van der Waals surface area contributed by atoms with Crippen LogP contribution in [0, 0.1) is 5.92 Å². The summed E-state index contributed by atoms with van der Waals surface area (Å²) < 4.78 is 32.8. The number of sulfonamides is 1. The van der Waals surface area contributed by atoms with E-state index in [1.165, 1.54) is 0 Å². The van der Waals surface area contributed by atoms with Crippen molar-refractivity contribution in [2.75, 3.05) is 19.0 Å². The van der Waals surface area contributed by atoms with Gasteiger partial charge in [0.2, 0.25) is 10.0 Å². The van der Waals surface area contributed by atoms with E-state index in [0.29, 0.717) is 19.6 Å². The second-order valence-electron chi connectivity index (χ2n) is 5.50. The van der Waals surface area contributed by atoms with E-state index in [1.807, 2.05) is 19.1 Å². The van der Waals surface area contributed by atoms with E-state index >= 15 is 0 Å². The summed E-state index contributed by atoms with van der Waals surface area (Å²) in [6.07, 6.45) is 6.75. The van der Waals surface area contributed by atoms with Gasteiger partial charge in [0, 0.05) is 25.6 Å². The van der Waals surface area contributed by atoms with E-state index in [2.05, 4.69) is 9.71 Å². The topological polar surface area (TPSA) is 68.3 Å². The largest absolute Gasteiger partial charge is 0.381 e. The number of aromatic nitrogens is 1. The van der Waals surface area contributed by atoms with Crippen LogP contribution < -0.4 is 4.72 Å². The van der Waals surface area contributed by atoms with E-state index < -0.39 is 10.0 Å². The Morgan fingerprint density at radius 3 is 2.81 bits per heavy atom. The zero-order valence-corrected chi connectivity index (χ0v) is 13.3. The maximum atomic E-state index is 12.3. The van der Waals surface area contributed by atoms with Crippen LogP contribution in [0.2, 0.25) is 0 Å². The monoisotopic (exact) mass is 312 g/mol. The van der Waals surface area contributed by atoms with E-state index in [-0.39, 0.29) is 17.7 Å². The molecule has 1 aromatic rings. The van der Waals surface area contributed by atoms with Gasteiger partial charge >= 0.3 is 0 Å². The zero-order chi connectivity index (χ0) is 15.1. The maximum Gasteiger partial charge on any atom is 0.212 e. The van der Waals surface area contributed by atoms with Crippen molar-refractivity contribution in [3.8, 4) is 0 Å². The fraction of sp³-hybridized carbons (Fsp3) is 0.667. The highest BCUT2D eigenvalue weighted by molar-refractivity contribution is 7.89. The second kappa shape index (κ2) is 7.87. The molecule has 1 fully saturated rings. The van der Waals surface area contributed by atoms with Crippen molar-refractivity contribution in [1.82, 2.24) is 9.71 Å². The minimum absolute atomic E-state index is 0.184. The van der Waals surface area contributed by atoms with Crippen LogP contribution in [0.4, 0.5) is 0 Å². The Labute approximate surface area is 127 Å². The summed E-state index contributed by atoms with van der Waals surface area (Å²) in [5, 5.41) is 0. The van der Waals surface area contributed by atoms with Gasteiger partial charge in [0.1, 0.15) is 0 Å². The van der Waals surface area contributed by atoms with Gasteiger partial charge in [-0.15, -0.1) is 0 Å². The Balaban J connectivity index is 2.16. The Kier molecular flexibility index (Phi) is 6.14. The minimum atomic E-state index is -3.26. The average molecular weight is 312 g/mol. The Morgan fingerprint density at radius 2 is 2.19 bits per heavy atom. The summed E-state index contributed by atoms with van der Waals surface area (Å²) in [6, 6.07) is 3.58. The fourth-order valence-electron chi connectivity index (χ4n) is 2.63. The molecule has 1 unspecified atom stereocenters. The summed E-state index contributed by atoms with van der Waals surface area (Å²) in [5.74, 6) is 0.447. The van der Waals surface area contributed by atoms with Crippen LogP contribution in [0.3, 0.4) is 0 Å². The highest BCUT2D eigenvalue weighted by Gasteiger charge is 2.29. The first-order valence-corrected chi connectivity index (χ1v) is 9.25. The molecular weight excluding hydrogens is 288 g/mol. The van der Waals surface area contributed by atoms with Gasteiger partial charge in [-0.1, -0.05) is 19.4 Å². The number of nitrogens with one attached hydrogen (secondary N) is 1. The summed E-state index contributed by atoms with van der Waals surface area (Å²) in [5.41, 5.74) is 0.935. The molecule has 6 heteroatoms. The van der Waals surface area contributed by atoms with Gasteiger partial charge in [-0.3, -0.25) is 4.98 Å². The number of hydrogen-bond donors (Lipinski definition) is 1. The van der Waals surface area contributed by atoms with Gasteiger partial charge in [-0.2, -0.15) is 0 Å². The van der Waals surface area contributed by atoms with Crippen molar-refractivity contribution < 1.29 is 13.2 Å². The third-order valence-corrected chi connectivity index (χ3v) is 5.29. The van der Waals surface area contributed by atoms with Gasteiger partial charge in [-0.05, 0) is 36.8 Å². The molecule has 21 heavy (non-hydrogen) atoms. The molecule has 1 N–H and O–H groups in total. The van der Waals surface area contributed by atoms with Crippen molar-refractivity contribution >= 4 is 10.0 Å². The molecule has 0 spiro atoms. The van der Waals surface area contributed by atoms with Crippen LogP contribution in [-0.2, 0) is 14.8 Å². The van der Waals surface area contributed by atoms with Gasteiger partial charge in [0.15, 0.2) is 0 Å². The molecule has 0 radical (unpaired) electrons. The number of hydrogen-bond acceptors (Lipinski definition) is 4. The molecule has 2 heterocycles. The van der Waals surface area contributed by atoms with Gasteiger partial charge in [0.25, 0.3) is 0 Å². The molecule has 0 aliphatic carbocycles. The van der Waals surface area contributed by atoms with Gasteiger partial charge in [0.05, 0.1) is 11.8 Å². The van der Waals surface area contributed by atoms with Crippen LogP contribution in [0.15, 0.2) is 24.5 Å². The standard InChI is InChI=1S/C15H24N2O3S/c1-2-3-11-21(18,19)17-15(13-6-9-20-10-7-13)14-5-4-8-16-12-14/h4-5,8,12-13,15,17H,2-3,6-7,9-11H2,1H3. The lowest BCUT2D eigenvalue weighted by molar-refractivity contribution is 0.0564. The lowest BCUT2D eigenvalue weighted by Crippen LogP contribution is -2.37. The predicted octanol–water partition coefficient (Wildman–Crippen LogP) is 2.27. The van der Waals surface area contributed by atoms with Crippen LogP contribution >= 0.6 is 0 Å². The van der Waals surface area contributed by atoms with Crippen LogP contribution in [-0.4, -0.2) is 32.4 Å². The van der Waals surface area contributed by atoms with Crippen molar-refractivity contribution in [2.45, 2.75) is 38.6 Å². The smallest absolute Gasteiger partial charge is 0.212 e. The quantitative estimate of drug-likeness (QED) is 0.838. The summed E-state index contributed by atoms with van der Waals surface area (Å²) >= 11 is 0. The first kappa shape index (κ1) is 16.4. The molecule has 118 valence electrons. The zero-order valence-electron chi connectivity index (χ0n) is 12.5. The third-order valence-electron chi connectivity index (χ3n) is 3.85.